The Bertz CT molecular complexity index is 422. The Labute approximate surface area is 115 Å². The quantitative estimate of drug-likeness (QED) is 0.810. The van der Waals surface area contributed by atoms with E-state index in [1.54, 1.807) is 0 Å². The Morgan fingerprint density at radius 3 is 2.47 bits per heavy atom. The molecular weight excluding hydrogens is 234 g/mol. The number of carbonyl (C=O) groups is 1. The van der Waals surface area contributed by atoms with Crippen LogP contribution < -0.4 is 0 Å². The Hall–Kier alpha value is -1.31. The van der Waals surface area contributed by atoms with E-state index < -0.39 is 0 Å². The number of amides is 1. The smallest absolute Gasteiger partial charge is 0.226 e. The lowest BCUT2D eigenvalue weighted by Crippen LogP contribution is -2.30. The predicted octanol–water partition coefficient (Wildman–Crippen LogP) is 3.62. The normalized spacial score (nSPS) is 24.9. The second kappa shape index (κ2) is 5.77. The van der Waals surface area contributed by atoms with E-state index in [0.29, 0.717) is 17.7 Å². The molecule has 0 bridgehead atoms. The maximum absolute atomic E-state index is 12.5. The molecule has 1 atom stereocenters. The van der Waals surface area contributed by atoms with Gasteiger partial charge in [0, 0.05) is 19.0 Å². The summed E-state index contributed by atoms with van der Waals surface area (Å²) in [6.07, 6.45) is 7.65. The van der Waals surface area contributed by atoms with Crippen molar-refractivity contribution < 1.29 is 4.79 Å². The fourth-order valence-electron chi connectivity index (χ4n) is 3.70. The molecule has 2 fully saturated rings. The van der Waals surface area contributed by atoms with E-state index in [0.717, 1.165) is 19.5 Å². The van der Waals surface area contributed by atoms with Crippen LogP contribution in [-0.2, 0) is 11.3 Å². The van der Waals surface area contributed by atoms with Crippen LogP contribution in [0.15, 0.2) is 30.3 Å². The topological polar surface area (TPSA) is 20.3 Å². The van der Waals surface area contributed by atoms with Crippen LogP contribution in [0.5, 0.6) is 0 Å². The fraction of sp³-hybridized carbons (Fsp3) is 0.588. The van der Waals surface area contributed by atoms with Gasteiger partial charge in [0.2, 0.25) is 5.91 Å². The summed E-state index contributed by atoms with van der Waals surface area (Å²) in [5, 5.41) is 0. The molecule has 1 heterocycles. The maximum atomic E-state index is 12.5. The number of nitrogens with zero attached hydrogens (tertiary/aromatic N) is 1. The van der Waals surface area contributed by atoms with Crippen molar-refractivity contribution in [3.63, 3.8) is 0 Å². The minimum atomic E-state index is 0.323. The molecule has 0 aromatic heterocycles. The van der Waals surface area contributed by atoms with Crippen LogP contribution in [0.2, 0.25) is 0 Å². The molecule has 3 rings (SSSR count). The van der Waals surface area contributed by atoms with Gasteiger partial charge in [-0.1, -0.05) is 49.6 Å². The highest BCUT2D eigenvalue weighted by molar-refractivity contribution is 5.81. The van der Waals surface area contributed by atoms with E-state index in [9.17, 15) is 4.79 Å². The number of hydrogen-bond acceptors (Lipinski definition) is 1. The van der Waals surface area contributed by atoms with Crippen LogP contribution >= 0.6 is 0 Å². The standard InChI is InChI=1S/C17H23NO/c19-17-16(15-9-5-2-6-10-15)11-12-18(17)13-14-7-3-1-4-8-14/h1,3-4,7-8,15-16H,2,5-6,9-13H2/t16-/m1/s1. The van der Waals surface area contributed by atoms with Crippen molar-refractivity contribution in [2.24, 2.45) is 11.8 Å². The summed E-state index contributed by atoms with van der Waals surface area (Å²) in [5.74, 6) is 1.40. The van der Waals surface area contributed by atoms with Crippen molar-refractivity contribution >= 4 is 5.91 Å². The molecule has 2 heteroatoms. The van der Waals surface area contributed by atoms with Gasteiger partial charge in [0.15, 0.2) is 0 Å². The van der Waals surface area contributed by atoms with Crippen molar-refractivity contribution in [1.29, 1.82) is 0 Å². The highest BCUT2D eigenvalue weighted by Crippen LogP contribution is 2.36. The average Bonchev–Trinajstić information content (AvgIpc) is 2.82. The van der Waals surface area contributed by atoms with Crippen LogP contribution in [0, 0.1) is 11.8 Å². The van der Waals surface area contributed by atoms with E-state index in [2.05, 4.69) is 29.2 Å². The van der Waals surface area contributed by atoms with Gasteiger partial charge >= 0.3 is 0 Å². The first-order valence-corrected chi connectivity index (χ1v) is 7.67. The largest absolute Gasteiger partial charge is 0.338 e. The molecule has 1 saturated carbocycles. The number of hydrogen-bond donors (Lipinski definition) is 0. The number of likely N-dealkylation sites (tertiary alicyclic amines) is 1. The molecule has 102 valence electrons. The molecule has 1 saturated heterocycles. The molecule has 1 amide bonds. The molecule has 2 nitrogen and oxygen atoms in total. The zero-order valence-electron chi connectivity index (χ0n) is 11.6. The Morgan fingerprint density at radius 2 is 1.74 bits per heavy atom. The first kappa shape index (κ1) is 12.7. The summed E-state index contributed by atoms with van der Waals surface area (Å²) in [7, 11) is 0. The average molecular weight is 257 g/mol. The molecule has 1 aliphatic carbocycles. The number of rotatable bonds is 3. The molecule has 0 unspecified atom stereocenters. The van der Waals surface area contributed by atoms with Crippen molar-refractivity contribution in [3.05, 3.63) is 35.9 Å². The lowest BCUT2D eigenvalue weighted by atomic mass is 9.79. The van der Waals surface area contributed by atoms with Gasteiger partial charge in [0.1, 0.15) is 0 Å². The Morgan fingerprint density at radius 1 is 1.00 bits per heavy atom. The number of carbonyl (C=O) groups excluding carboxylic acids is 1. The second-order valence-electron chi connectivity index (χ2n) is 6.04. The lowest BCUT2D eigenvalue weighted by Gasteiger charge is -2.26. The minimum Gasteiger partial charge on any atom is -0.338 e. The van der Waals surface area contributed by atoms with Gasteiger partial charge in [-0.15, -0.1) is 0 Å². The molecule has 1 aromatic rings. The van der Waals surface area contributed by atoms with Gasteiger partial charge in [-0.25, -0.2) is 0 Å². The van der Waals surface area contributed by atoms with Crippen LogP contribution in [0.25, 0.3) is 0 Å². The zero-order valence-corrected chi connectivity index (χ0v) is 11.6. The summed E-state index contributed by atoms with van der Waals surface area (Å²) in [4.78, 5) is 14.6. The molecule has 1 aliphatic heterocycles. The second-order valence-corrected chi connectivity index (χ2v) is 6.04. The van der Waals surface area contributed by atoms with Gasteiger partial charge in [-0.2, -0.15) is 0 Å². The highest BCUT2D eigenvalue weighted by atomic mass is 16.2. The summed E-state index contributed by atoms with van der Waals surface area (Å²) in [5.41, 5.74) is 1.25. The monoisotopic (exact) mass is 257 g/mol. The third-order valence-electron chi connectivity index (χ3n) is 4.77. The van der Waals surface area contributed by atoms with Gasteiger partial charge in [0.05, 0.1) is 0 Å². The first-order valence-electron chi connectivity index (χ1n) is 7.67. The van der Waals surface area contributed by atoms with Crippen LogP contribution in [-0.4, -0.2) is 17.4 Å². The van der Waals surface area contributed by atoms with Gasteiger partial charge < -0.3 is 4.90 Å². The van der Waals surface area contributed by atoms with Crippen molar-refractivity contribution in [2.45, 2.75) is 45.1 Å². The van der Waals surface area contributed by atoms with Crippen LogP contribution in [0.4, 0.5) is 0 Å². The third kappa shape index (κ3) is 2.83. The SMILES string of the molecule is O=C1[C@@H](C2CCCCC2)CCN1Cc1ccccc1. The third-order valence-corrected chi connectivity index (χ3v) is 4.77. The summed E-state index contributed by atoms with van der Waals surface area (Å²) in [6.45, 7) is 1.75. The molecule has 0 N–H and O–H groups in total. The number of benzene rings is 1. The predicted molar refractivity (Wildman–Crippen MR) is 76.5 cm³/mol. The van der Waals surface area contributed by atoms with Crippen molar-refractivity contribution in [2.75, 3.05) is 6.54 Å². The van der Waals surface area contributed by atoms with Gasteiger partial charge in [-0.05, 0) is 30.7 Å². The maximum Gasteiger partial charge on any atom is 0.226 e. The van der Waals surface area contributed by atoms with Crippen LogP contribution in [0.3, 0.4) is 0 Å². The molecule has 0 radical (unpaired) electrons. The Balaban J connectivity index is 1.62. The molecule has 19 heavy (non-hydrogen) atoms. The summed E-state index contributed by atoms with van der Waals surface area (Å²) < 4.78 is 0. The lowest BCUT2D eigenvalue weighted by molar-refractivity contribution is -0.133. The summed E-state index contributed by atoms with van der Waals surface area (Å²) >= 11 is 0. The van der Waals surface area contributed by atoms with Crippen molar-refractivity contribution in [3.8, 4) is 0 Å². The first-order chi connectivity index (χ1) is 9.34. The molecule has 0 spiro atoms. The summed E-state index contributed by atoms with van der Waals surface area (Å²) in [6, 6.07) is 10.4. The van der Waals surface area contributed by atoms with E-state index in [-0.39, 0.29) is 0 Å². The molecule has 2 aliphatic rings. The van der Waals surface area contributed by atoms with Gasteiger partial charge in [0.25, 0.3) is 0 Å². The van der Waals surface area contributed by atoms with E-state index in [1.165, 1.54) is 37.7 Å². The van der Waals surface area contributed by atoms with Crippen LogP contribution in [0.1, 0.15) is 44.1 Å². The molecule has 1 aromatic carbocycles. The zero-order chi connectivity index (χ0) is 13.1. The van der Waals surface area contributed by atoms with E-state index >= 15 is 0 Å². The fourth-order valence-corrected chi connectivity index (χ4v) is 3.70. The van der Waals surface area contributed by atoms with E-state index in [4.69, 9.17) is 0 Å². The van der Waals surface area contributed by atoms with Gasteiger partial charge in [-0.3, -0.25) is 4.79 Å². The minimum absolute atomic E-state index is 0.323. The van der Waals surface area contributed by atoms with Crippen molar-refractivity contribution in [1.82, 2.24) is 4.90 Å². The highest BCUT2D eigenvalue weighted by Gasteiger charge is 2.37. The Kier molecular flexibility index (Phi) is 3.86. The molecular formula is C17H23NO. The van der Waals surface area contributed by atoms with E-state index in [1.807, 2.05) is 6.07 Å².